The minimum absolute atomic E-state index is 0.217. The lowest BCUT2D eigenvalue weighted by molar-refractivity contribution is 0.243. The van der Waals surface area contributed by atoms with Crippen LogP contribution in [-0.2, 0) is 13.2 Å². The minimum atomic E-state index is -0.217. The molecule has 2 aromatic heterocycles. The Hall–Kier alpha value is -2.38. The maximum absolute atomic E-state index is 13.4. The van der Waals surface area contributed by atoms with Gasteiger partial charge in [0.15, 0.2) is 10.6 Å². The third kappa shape index (κ3) is 3.59. The molecule has 0 saturated heterocycles. The number of rotatable bonds is 6. The van der Waals surface area contributed by atoms with Gasteiger partial charge in [0.1, 0.15) is 5.82 Å². The molecule has 1 saturated carbocycles. The van der Waals surface area contributed by atoms with Crippen molar-refractivity contribution < 1.29 is 4.39 Å². The zero-order valence-electron chi connectivity index (χ0n) is 14.5. The summed E-state index contributed by atoms with van der Waals surface area (Å²) in [5.41, 5.74) is 1.94. The van der Waals surface area contributed by atoms with Crippen LogP contribution >= 0.6 is 12.2 Å². The summed E-state index contributed by atoms with van der Waals surface area (Å²) in [7, 11) is 1.98. The Morgan fingerprint density at radius 2 is 2.00 bits per heavy atom. The number of halogens is 1. The molecule has 0 spiro atoms. The SMILES string of the molecule is CN(Cc1cccc(F)c1)Cn1nc(-c2ccncc2)n(C2CC2)c1=S. The minimum Gasteiger partial charge on any atom is -0.297 e. The highest BCUT2D eigenvalue weighted by atomic mass is 32.1. The van der Waals surface area contributed by atoms with Crippen molar-refractivity contribution in [3.63, 3.8) is 0 Å². The molecule has 4 rings (SSSR count). The molecule has 1 aromatic carbocycles. The first kappa shape index (κ1) is 17.1. The average Bonchev–Trinajstić information content (AvgIpc) is 3.41. The zero-order chi connectivity index (χ0) is 18.1. The number of aromatic nitrogens is 4. The standard InChI is InChI=1S/C19H20FN5S/c1-23(12-14-3-2-4-16(20)11-14)13-24-19(26)25(17-5-6-17)18(22-24)15-7-9-21-10-8-15/h2-4,7-11,17H,5-6,12-13H2,1H3. The fourth-order valence-electron chi connectivity index (χ4n) is 3.10. The van der Waals surface area contributed by atoms with Gasteiger partial charge in [0, 0.05) is 30.5 Å². The van der Waals surface area contributed by atoms with Crippen LogP contribution in [0.15, 0.2) is 48.8 Å². The summed E-state index contributed by atoms with van der Waals surface area (Å²) in [5.74, 6) is 0.671. The Labute approximate surface area is 156 Å². The van der Waals surface area contributed by atoms with E-state index >= 15 is 0 Å². The Kier molecular flexibility index (Phi) is 4.65. The molecule has 0 unspecified atom stereocenters. The van der Waals surface area contributed by atoms with E-state index < -0.39 is 0 Å². The van der Waals surface area contributed by atoms with Gasteiger partial charge in [-0.3, -0.25) is 14.5 Å². The van der Waals surface area contributed by atoms with E-state index in [1.807, 2.05) is 29.9 Å². The summed E-state index contributed by atoms with van der Waals surface area (Å²) in [5, 5.41) is 4.77. The Bertz CT molecular complexity index is 962. The quantitative estimate of drug-likeness (QED) is 0.615. The molecular formula is C19H20FN5S. The van der Waals surface area contributed by atoms with Crippen molar-refractivity contribution in [3.8, 4) is 11.4 Å². The van der Waals surface area contributed by atoms with Gasteiger partial charge in [-0.25, -0.2) is 9.07 Å². The summed E-state index contributed by atoms with van der Waals surface area (Å²) in [6.45, 7) is 1.17. The molecule has 1 fully saturated rings. The topological polar surface area (TPSA) is 38.9 Å². The van der Waals surface area contributed by atoms with Crippen LogP contribution in [0.2, 0.25) is 0 Å². The van der Waals surface area contributed by atoms with Crippen molar-refractivity contribution in [3.05, 3.63) is 64.9 Å². The molecule has 0 radical (unpaired) electrons. The lowest BCUT2D eigenvalue weighted by Gasteiger charge is -2.16. The zero-order valence-corrected chi connectivity index (χ0v) is 15.4. The fraction of sp³-hybridized carbons (Fsp3) is 0.316. The number of benzene rings is 1. The number of nitrogens with zero attached hydrogens (tertiary/aromatic N) is 5. The first-order valence-electron chi connectivity index (χ1n) is 8.64. The normalized spacial score (nSPS) is 14.1. The molecule has 0 atom stereocenters. The van der Waals surface area contributed by atoms with Crippen LogP contribution in [-0.4, -0.2) is 31.3 Å². The van der Waals surface area contributed by atoms with Crippen LogP contribution < -0.4 is 0 Å². The predicted octanol–water partition coefficient (Wildman–Crippen LogP) is 4.04. The third-order valence-electron chi connectivity index (χ3n) is 4.44. The van der Waals surface area contributed by atoms with E-state index in [9.17, 15) is 4.39 Å². The molecule has 5 nitrogen and oxygen atoms in total. The van der Waals surface area contributed by atoms with Crippen LogP contribution in [0.4, 0.5) is 4.39 Å². The van der Waals surface area contributed by atoms with E-state index in [4.69, 9.17) is 17.3 Å². The summed E-state index contributed by atoms with van der Waals surface area (Å²) in [6.07, 6.45) is 5.81. The molecule has 0 aliphatic heterocycles. The molecule has 7 heteroatoms. The molecule has 1 aliphatic rings. The van der Waals surface area contributed by atoms with Gasteiger partial charge in [0.2, 0.25) is 0 Å². The van der Waals surface area contributed by atoms with E-state index in [0.29, 0.717) is 19.3 Å². The van der Waals surface area contributed by atoms with Gasteiger partial charge < -0.3 is 0 Å². The molecule has 1 aliphatic carbocycles. The van der Waals surface area contributed by atoms with Crippen LogP contribution in [0.25, 0.3) is 11.4 Å². The van der Waals surface area contributed by atoms with E-state index in [1.54, 1.807) is 24.5 Å². The first-order chi connectivity index (χ1) is 12.6. The van der Waals surface area contributed by atoms with Gasteiger partial charge in [0.05, 0.1) is 6.67 Å². The molecule has 26 heavy (non-hydrogen) atoms. The Morgan fingerprint density at radius 1 is 1.23 bits per heavy atom. The maximum Gasteiger partial charge on any atom is 0.199 e. The fourth-order valence-corrected chi connectivity index (χ4v) is 3.43. The van der Waals surface area contributed by atoms with E-state index in [1.165, 1.54) is 6.07 Å². The van der Waals surface area contributed by atoms with E-state index in [0.717, 1.165) is 34.6 Å². The number of pyridine rings is 1. The van der Waals surface area contributed by atoms with E-state index in [-0.39, 0.29) is 5.82 Å². The monoisotopic (exact) mass is 369 g/mol. The summed E-state index contributed by atoms with van der Waals surface area (Å²) in [4.78, 5) is 6.16. The third-order valence-corrected chi connectivity index (χ3v) is 4.85. The van der Waals surface area contributed by atoms with Gasteiger partial charge in [0.25, 0.3) is 0 Å². The van der Waals surface area contributed by atoms with Gasteiger partial charge in [-0.15, -0.1) is 0 Å². The molecular weight excluding hydrogens is 349 g/mol. The largest absolute Gasteiger partial charge is 0.297 e. The van der Waals surface area contributed by atoms with Gasteiger partial charge in [-0.1, -0.05) is 12.1 Å². The molecule has 3 aromatic rings. The molecule has 0 bridgehead atoms. The average molecular weight is 369 g/mol. The van der Waals surface area contributed by atoms with Crippen molar-refractivity contribution in [2.45, 2.75) is 32.1 Å². The molecule has 2 heterocycles. The second kappa shape index (κ2) is 7.09. The van der Waals surface area contributed by atoms with Gasteiger partial charge in [-0.05, 0) is 61.9 Å². The van der Waals surface area contributed by atoms with Crippen LogP contribution in [0.5, 0.6) is 0 Å². The number of hydrogen-bond donors (Lipinski definition) is 0. The lowest BCUT2D eigenvalue weighted by Crippen LogP contribution is -2.22. The van der Waals surface area contributed by atoms with Gasteiger partial charge in [-0.2, -0.15) is 5.10 Å². The molecule has 134 valence electrons. The highest BCUT2D eigenvalue weighted by molar-refractivity contribution is 7.71. The maximum atomic E-state index is 13.4. The second-order valence-electron chi connectivity index (χ2n) is 6.73. The van der Waals surface area contributed by atoms with Crippen LogP contribution in [0.3, 0.4) is 0 Å². The van der Waals surface area contributed by atoms with Crippen LogP contribution in [0, 0.1) is 10.6 Å². The first-order valence-corrected chi connectivity index (χ1v) is 9.05. The van der Waals surface area contributed by atoms with Crippen molar-refractivity contribution in [2.75, 3.05) is 7.05 Å². The van der Waals surface area contributed by atoms with Crippen molar-refractivity contribution >= 4 is 12.2 Å². The second-order valence-corrected chi connectivity index (χ2v) is 7.09. The van der Waals surface area contributed by atoms with Crippen molar-refractivity contribution in [2.24, 2.45) is 0 Å². The predicted molar refractivity (Wildman–Crippen MR) is 100 cm³/mol. The van der Waals surface area contributed by atoms with Gasteiger partial charge >= 0.3 is 0 Å². The molecule has 0 N–H and O–H groups in total. The summed E-state index contributed by atoms with van der Waals surface area (Å²) >= 11 is 5.69. The highest BCUT2D eigenvalue weighted by Crippen LogP contribution is 2.38. The Morgan fingerprint density at radius 3 is 2.69 bits per heavy atom. The highest BCUT2D eigenvalue weighted by Gasteiger charge is 2.29. The lowest BCUT2D eigenvalue weighted by atomic mass is 10.2. The Balaban J connectivity index is 1.60. The van der Waals surface area contributed by atoms with E-state index in [2.05, 4.69) is 14.5 Å². The molecule has 0 amide bonds. The summed E-state index contributed by atoms with van der Waals surface area (Å²) in [6, 6.07) is 11.0. The van der Waals surface area contributed by atoms with Crippen molar-refractivity contribution in [1.29, 1.82) is 0 Å². The summed E-state index contributed by atoms with van der Waals surface area (Å²) < 4.78 is 18.1. The van der Waals surface area contributed by atoms with Crippen molar-refractivity contribution in [1.82, 2.24) is 24.2 Å². The smallest absolute Gasteiger partial charge is 0.199 e. The van der Waals surface area contributed by atoms with Crippen LogP contribution in [0.1, 0.15) is 24.4 Å². The number of hydrogen-bond acceptors (Lipinski definition) is 4.